The molecule has 82 valence electrons. The number of nitrogens with zero attached hydrogens (tertiary/aromatic N) is 2. The molecule has 0 amide bonds. The molecular formula is C12H19N3. The van der Waals surface area contributed by atoms with Crippen LogP contribution in [0.25, 0.3) is 0 Å². The van der Waals surface area contributed by atoms with Gasteiger partial charge in [-0.05, 0) is 31.6 Å². The van der Waals surface area contributed by atoms with Gasteiger partial charge in [-0.1, -0.05) is 13.8 Å². The minimum atomic E-state index is 0.391. The highest BCUT2D eigenvalue weighted by molar-refractivity contribution is 5.47. The summed E-state index contributed by atoms with van der Waals surface area (Å²) < 4.78 is 0. The first-order valence-electron chi connectivity index (χ1n) is 5.69. The normalized spacial score (nSPS) is 18.3. The number of aryl methyl sites for hydroxylation is 1. The van der Waals surface area contributed by atoms with Crippen molar-refractivity contribution in [2.24, 2.45) is 5.41 Å². The lowest BCUT2D eigenvalue weighted by Gasteiger charge is -2.31. The number of aromatic nitrogens is 2. The molecule has 0 aromatic carbocycles. The Morgan fingerprint density at radius 2 is 2.20 bits per heavy atom. The smallest absolute Gasteiger partial charge is 0.132 e. The van der Waals surface area contributed by atoms with Crippen molar-refractivity contribution >= 4 is 5.82 Å². The van der Waals surface area contributed by atoms with E-state index in [9.17, 15) is 0 Å². The van der Waals surface area contributed by atoms with Crippen LogP contribution in [0.4, 0.5) is 5.82 Å². The maximum absolute atomic E-state index is 4.38. The lowest BCUT2D eigenvalue weighted by Crippen LogP contribution is -2.24. The number of fused-ring (bicyclic) bond motifs is 1. The van der Waals surface area contributed by atoms with Crippen LogP contribution in [0.1, 0.15) is 38.4 Å². The number of anilines is 1. The molecule has 0 aliphatic heterocycles. The number of hydrogen-bond acceptors (Lipinski definition) is 3. The van der Waals surface area contributed by atoms with Gasteiger partial charge in [0, 0.05) is 17.8 Å². The Morgan fingerprint density at radius 3 is 2.93 bits per heavy atom. The van der Waals surface area contributed by atoms with Crippen LogP contribution < -0.4 is 5.32 Å². The van der Waals surface area contributed by atoms with E-state index in [0.717, 1.165) is 25.2 Å². The molecule has 3 nitrogen and oxygen atoms in total. The summed E-state index contributed by atoms with van der Waals surface area (Å²) in [5.74, 6) is 1.04. The summed E-state index contributed by atoms with van der Waals surface area (Å²) in [6, 6.07) is 0. The van der Waals surface area contributed by atoms with Crippen molar-refractivity contribution in [3.63, 3.8) is 0 Å². The van der Waals surface area contributed by atoms with Crippen LogP contribution >= 0.6 is 0 Å². The number of nitrogens with one attached hydrogen (secondary N) is 1. The zero-order valence-corrected chi connectivity index (χ0v) is 9.80. The first kappa shape index (κ1) is 10.4. The van der Waals surface area contributed by atoms with Crippen LogP contribution in [0.3, 0.4) is 0 Å². The molecule has 1 aliphatic rings. The third-order valence-corrected chi connectivity index (χ3v) is 3.07. The second-order valence-electron chi connectivity index (χ2n) is 5.02. The molecule has 1 aromatic rings. The maximum Gasteiger partial charge on any atom is 0.132 e. The predicted molar refractivity (Wildman–Crippen MR) is 62.0 cm³/mol. The highest BCUT2D eigenvalue weighted by Gasteiger charge is 2.28. The summed E-state index contributed by atoms with van der Waals surface area (Å²) in [6.45, 7) is 7.66. The summed E-state index contributed by atoms with van der Waals surface area (Å²) in [5, 5.41) is 3.32. The van der Waals surface area contributed by atoms with Gasteiger partial charge in [0.2, 0.25) is 0 Å². The van der Waals surface area contributed by atoms with Crippen molar-refractivity contribution in [1.29, 1.82) is 0 Å². The molecule has 3 heteroatoms. The van der Waals surface area contributed by atoms with E-state index in [0.29, 0.717) is 5.41 Å². The summed E-state index contributed by atoms with van der Waals surface area (Å²) >= 11 is 0. The van der Waals surface area contributed by atoms with Crippen molar-refractivity contribution < 1.29 is 0 Å². The molecule has 0 fully saturated rings. The van der Waals surface area contributed by atoms with E-state index in [1.54, 1.807) is 6.33 Å². The Labute approximate surface area is 91.3 Å². The molecule has 0 radical (unpaired) electrons. The van der Waals surface area contributed by atoms with E-state index in [1.807, 2.05) is 0 Å². The van der Waals surface area contributed by atoms with Crippen LogP contribution in [0.2, 0.25) is 0 Å². The monoisotopic (exact) mass is 205 g/mol. The van der Waals surface area contributed by atoms with Crippen molar-refractivity contribution in [3.05, 3.63) is 17.6 Å². The minimum absolute atomic E-state index is 0.391. The van der Waals surface area contributed by atoms with Crippen molar-refractivity contribution in [2.75, 3.05) is 11.9 Å². The zero-order valence-electron chi connectivity index (χ0n) is 9.80. The molecular weight excluding hydrogens is 186 g/mol. The molecule has 1 aliphatic carbocycles. The van der Waals surface area contributed by atoms with Crippen LogP contribution in [-0.2, 0) is 12.8 Å². The molecule has 0 saturated heterocycles. The SMILES string of the molecule is CCNc1ncnc2c1CC(C)(C)CC2. The fourth-order valence-corrected chi connectivity index (χ4v) is 2.19. The first-order valence-corrected chi connectivity index (χ1v) is 5.69. The topological polar surface area (TPSA) is 37.8 Å². The highest BCUT2D eigenvalue weighted by Crippen LogP contribution is 2.36. The second-order valence-corrected chi connectivity index (χ2v) is 5.02. The molecule has 1 N–H and O–H groups in total. The van der Waals surface area contributed by atoms with Crippen LogP contribution in [0, 0.1) is 5.41 Å². The average molecular weight is 205 g/mol. The van der Waals surface area contributed by atoms with Crippen LogP contribution in [0.5, 0.6) is 0 Å². The van der Waals surface area contributed by atoms with Crippen molar-refractivity contribution in [2.45, 2.75) is 40.0 Å². The molecule has 2 rings (SSSR count). The van der Waals surface area contributed by atoms with Crippen molar-refractivity contribution in [1.82, 2.24) is 9.97 Å². The van der Waals surface area contributed by atoms with E-state index in [4.69, 9.17) is 0 Å². The summed E-state index contributed by atoms with van der Waals surface area (Å²) in [6.07, 6.45) is 5.08. The van der Waals surface area contributed by atoms with Gasteiger partial charge in [-0.15, -0.1) is 0 Å². The van der Waals surface area contributed by atoms with E-state index in [-0.39, 0.29) is 0 Å². The largest absolute Gasteiger partial charge is 0.370 e. The Kier molecular flexibility index (Phi) is 2.63. The maximum atomic E-state index is 4.38. The lowest BCUT2D eigenvalue weighted by molar-refractivity contribution is 0.312. The zero-order chi connectivity index (χ0) is 10.9. The Hall–Kier alpha value is -1.12. The van der Waals surface area contributed by atoms with Crippen molar-refractivity contribution in [3.8, 4) is 0 Å². The van der Waals surface area contributed by atoms with Crippen LogP contribution in [-0.4, -0.2) is 16.5 Å². The molecule has 0 atom stereocenters. The van der Waals surface area contributed by atoms with Gasteiger partial charge in [-0.2, -0.15) is 0 Å². The third-order valence-electron chi connectivity index (χ3n) is 3.07. The Morgan fingerprint density at radius 1 is 1.40 bits per heavy atom. The fraction of sp³-hybridized carbons (Fsp3) is 0.667. The summed E-state index contributed by atoms with van der Waals surface area (Å²) in [4.78, 5) is 8.70. The standard InChI is InChI=1S/C12H19N3/c1-4-13-11-9-7-12(2,3)6-5-10(9)14-8-15-11/h8H,4-7H2,1-3H3,(H,13,14,15). The number of rotatable bonds is 2. The predicted octanol–water partition coefficient (Wildman–Crippen LogP) is 2.42. The third kappa shape index (κ3) is 2.11. The Bertz CT molecular complexity index is 358. The fourth-order valence-electron chi connectivity index (χ4n) is 2.19. The van der Waals surface area contributed by atoms with Gasteiger partial charge < -0.3 is 5.32 Å². The molecule has 1 heterocycles. The van der Waals surface area contributed by atoms with Gasteiger partial charge in [0.1, 0.15) is 12.1 Å². The first-order chi connectivity index (χ1) is 7.12. The van der Waals surface area contributed by atoms with E-state index < -0.39 is 0 Å². The Balaban J connectivity index is 2.36. The van der Waals surface area contributed by atoms with Crippen LogP contribution in [0.15, 0.2) is 6.33 Å². The molecule has 0 spiro atoms. The second kappa shape index (κ2) is 3.80. The van der Waals surface area contributed by atoms with E-state index in [2.05, 4.69) is 36.1 Å². The van der Waals surface area contributed by atoms with Gasteiger partial charge in [0.15, 0.2) is 0 Å². The van der Waals surface area contributed by atoms with Gasteiger partial charge in [0.05, 0.1) is 0 Å². The van der Waals surface area contributed by atoms with E-state index >= 15 is 0 Å². The van der Waals surface area contributed by atoms with Gasteiger partial charge in [0.25, 0.3) is 0 Å². The van der Waals surface area contributed by atoms with Gasteiger partial charge >= 0.3 is 0 Å². The molecule has 0 saturated carbocycles. The number of hydrogen-bond donors (Lipinski definition) is 1. The average Bonchev–Trinajstić information content (AvgIpc) is 2.18. The molecule has 15 heavy (non-hydrogen) atoms. The highest BCUT2D eigenvalue weighted by atomic mass is 15.0. The minimum Gasteiger partial charge on any atom is -0.370 e. The molecule has 1 aromatic heterocycles. The van der Waals surface area contributed by atoms with Gasteiger partial charge in [-0.3, -0.25) is 0 Å². The summed E-state index contributed by atoms with van der Waals surface area (Å²) in [5.41, 5.74) is 2.96. The summed E-state index contributed by atoms with van der Waals surface area (Å²) in [7, 11) is 0. The quantitative estimate of drug-likeness (QED) is 0.805. The lowest BCUT2D eigenvalue weighted by atomic mass is 9.76. The molecule has 0 bridgehead atoms. The molecule has 0 unspecified atom stereocenters. The van der Waals surface area contributed by atoms with Gasteiger partial charge in [-0.25, -0.2) is 9.97 Å². The van der Waals surface area contributed by atoms with E-state index in [1.165, 1.54) is 17.7 Å².